The molecule has 1 aromatic carbocycles. The molecule has 0 aliphatic carbocycles. The maximum absolute atomic E-state index is 13.6. The summed E-state index contributed by atoms with van der Waals surface area (Å²) in [5, 5.41) is 0. The molecule has 0 aliphatic heterocycles. The van der Waals surface area contributed by atoms with E-state index in [1.807, 2.05) is 0 Å². The van der Waals surface area contributed by atoms with E-state index in [4.69, 9.17) is 9.15 Å². The number of benzene rings is 1. The largest absolute Gasteiger partial charge is 0.494 e. The zero-order chi connectivity index (χ0) is 15.6. The molecule has 4 nitrogen and oxygen atoms in total. The molecule has 21 heavy (non-hydrogen) atoms. The van der Waals surface area contributed by atoms with Gasteiger partial charge < -0.3 is 9.15 Å². The summed E-state index contributed by atoms with van der Waals surface area (Å²) in [5.41, 5.74) is 0.523. The van der Waals surface area contributed by atoms with E-state index in [1.165, 1.54) is 19.2 Å². The summed E-state index contributed by atoms with van der Waals surface area (Å²) in [6, 6.07) is 5.47. The first-order valence-corrected chi connectivity index (χ1v) is 6.39. The summed E-state index contributed by atoms with van der Waals surface area (Å²) in [4.78, 5) is 24.1. The third-order valence-electron chi connectivity index (χ3n) is 3.14. The average Bonchev–Trinajstić information content (AvgIpc) is 2.77. The predicted octanol–water partition coefficient (Wildman–Crippen LogP) is 3.50. The van der Waals surface area contributed by atoms with Gasteiger partial charge in [-0.15, -0.1) is 0 Å². The van der Waals surface area contributed by atoms with Crippen LogP contribution >= 0.6 is 0 Å². The van der Waals surface area contributed by atoms with Gasteiger partial charge in [-0.05, 0) is 38.1 Å². The Labute approximate surface area is 121 Å². The number of aryl methyl sites for hydroxylation is 2. The van der Waals surface area contributed by atoms with Crippen LogP contribution in [0.5, 0.6) is 5.75 Å². The number of rotatable bonds is 5. The van der Waals surface area contributed by atoms with Crippen LogP contribution < -0.4 is 4.74 Å². The van der Waals surface area contributed by atoms with Gasteiger partial charge in [0.15, 0.2) is 23.1 Å². The Morgan fingerprint density at radius 2 is 1.90 bits per heavy atom. The molecule has 0 saturated heterocycles. The minimum Gasteiger partial charge on any atom is -0.494 e. The lowest BCUT2D eigenvalue weighted by Crippen LogP contribution is -2.09. The van der Waals surface area contributed by atoms with Crippen LogP contribution in [-0.2, 0) is 0 Å². The molecule has 0 bridgehead atoms. The van der Waals surface area contributed by atoms with Crippen molar-refractivity contribution in [3.8, 4) is 5.75 Å². The standard InChI is InChI=1S/C16H15FO4/c1-9-6-12(10(2)21-9)15(19)8-14(18)11-4-5-16(20-3)13(17)7-11/h4-7H,8H2,1-3H3. The van der Waals surface area contributed by atoms with Crippen LogP contribution in [0.25, 0.3) is 0 Å². The lowest BCUT2D eigenvalue weighted by atomic mass is 10.0. The van der Waals surface area contributed by atoms with Crippen molar-refractivity contribution in [1.29, 1.82) is 0 Å². The molecule has 0 fully saturated rings. The number of furan rings is 1. The quantitative estimate of drug-likeness (QED) is 0.624. The maximum Gasteiger partial charge on any atom is 0.174 e. The number of ether oxygens (including phenoxy) is 1. The normalized spacial score (nSPS) is 10.5. The average molecular weight is 290 g/mol. The van der Waals surface area contributed by atoms with Gasteiger partial charge in [-0.3, -0.25) is 9.59 Å². The molecule has 2 aromatic rings. The highest BCUT2D eigenvalue weighted by molar-refractivity contribution is 6.13. The summed E-state index contributed by atoms with van der Waals surface area (Å²) < 4.78 is 23.6. The summed E-state index contributed by atoms with van der Waals surface area (Å²) >= 11 is 0. The molecule has 0 atom stereocenters. The van der Waals surface area contributed by atoms with Gasteiger partial charge in [-0.25, -0.2) is 4.39 Å². The number of halogens is 1. The second kappa shape index (κ2) is 5.91. The zero-order valence-electron chi connectivity index (χ0n) is 12.0. The maximum atomic E-state index is 13.6. The van der Waals surface area contributed by atoms with Crippen LogP contribution in [-0.4, -0.2) is 18.7 Å². The number of ketones is 2. The molecule has 110 valence electrons. The summed E-state index contributed by atoms with van der Waals surface area (Å²) in [7, 11) is 1.34. The molecule has 5 heteroatoms. The van der Waals surface area contributed by atoms with Gasteiger partial charge in [0.25, 0.3) is 0 Å². The van der Waals surface area contributed by atoms with Gasteiger partial charge in [-0.2, -0.15) is 0 Å². The Hall–Kier alpha value is -2.43. The molecule has 0 saturated carbocycles. The zero-order valence-corrected chi connectivity index (χ0v) is 12.0. The SMILES string of the molecule is COc1ccc(C(=O)CC(=O)c2cc(C)oc2C)cc1F. The minimum atomic E-state index is -0.633. The van der Waals surface area contributed by atoms with Crippen LogP contribution in [0.15, 0.2) is 28.7 Å². The fourth-order valence-corrected chi connectivity index (χ4v) is 2.09. The second-order valence-corrected chi connectivity index (χ2v) is 4.70. The van der Waals surface area contributed by atoms with Crippen molar-refractivity contribution in [2.75, 3.05) is 7.11 Å². The number of methoxy groups -OCH3 is 1. The van der Waals surface area contributed by atoms with Gasteiger partial charge in [0.1, 0.15) is 11.5 Å². The highest BCUT2D eigenvalue weighted by Gasteiger charge is 2.19. The van der Waals surface area contributed by atoms with E-state index >= 15 is 0 Å². The molecule has 0 amide bonds. The first-order valence-electron chi connectivity index (χ1n) is 6.39. The smallest absolute Gasteiger partial charge is 0.174 e. The number of hydrogen-bond donors (Lipinski definition) is 0. The first kappa shape index (κ1) is 15.0. The van der Waals surface area contributed by atoms with Crippen molar-refractivity contribution in [3.63, 3.8) is 0 Å². The van der Waals surface area contributed by atoms with E-state index in [1.54, 1.807) is 19.9 Å². The van der Waals surface area contributed by atoms with E-state index in [9.17, 15) is 14.0 Å². The number of carbonyl (C=O) groups is 2. The Morgan fingerprint density at radius 3 is 2.43 bits per heavy atom. The van der Waals surface area contributed by atoms with Gasteiger partial charge in [0, 0.05) is 5.56 Å². The fourth-order valence-electron chi connectivity index (χ4n) is 2.09. The van der Waals surface area contributed by atoms with Gasteiger partial charge in [0.2, 0.25) is 0 Å². The van der Waals surface area contributed by atoms with Gasteiger partial charge >= 0.3 is 0 Å². The number of carbonyl (C=O) groups excluding carboxylic acids is 2. The van der Waals surface area contributed by atoms with E-state index in [0.29, 0.717) is 17.1 Å². The summed E-state index contributed by atoms with van der Waals surface area (Å²) in [6.07, 6.45) is -0.328. The fraction of sp³-hybridized carbons (Fsp3) is 0.250. The molecule has 0 radical (unpaired) electrons. The first-order chi connectivity index (χ1) is 9.92. The van der Waals surface area contributed by atoms with E-state index in [0.717, 1.165) is 6.07 Å². The third kappa shape index (κ3) is 3.18. The van der Waals surface area contributed by atoms with Crippen molar-refractivity contribution >= 4 is 11.6 Å². The molecule has 0 spiro atoms. The highest BCUT2D eigenvalue weighted by Crippen LogP contribution is 2.20. The van der Waals surface area contributed by atoms with Crippen LogP contribution in [0.3, 0.4) is 0 Å². The predicted molar refractivity (Wildman–Crippen MR) is 74.4 cm³/mol. The molecular weight excluding hydrogens is 275 g/mol. The van der Waals surface area contributed by atoms with Crippen LogP contribution in [0.1, 0.15) is 38.7 Å². The Balaban J connectivity index is 2.16. The Morgan fingerprint density at radius 1 is 1.19 bits per heavy atom. The van der Waals surface area contributed by atoms with Crippen molar-refractivity contribution in [2.45, 2.75) is 20.3 Å². The lowest BCUT2D eigenvalue weighted by molar-refractivity contribution is 0.0893. The monoisotopic (exact) mass is 290 g/mol. The summed E-state index contributed by atoms with van der Waals surface area (Å²) in [6.45, 7) is 3.39. The van der Waals surface area contributed by atoms with Gasteiger partial charge in [-0.1, -0.05) is 0 Å². The van der Waals surface area contributed by atoms with Crippen molar-refractivity contribution < 1.29 is 23.1 Å². The molecule has 1 aromatic heterocycles. The Kier molecular flexibility index (Phi) is 4.21. The molecule has 1 heterocycles. The summed E-state index contributed by atoms with van der Waals surface area (Å²) in [5.74, 6) is -0.277. The van der Waals surface area contributed by atoms with E-state index < -0.39 is 11.6 Å². The molecule has 2 rings (SSSR count). The van der Waals surface area contributed by atoms with Gasteiger partial charge in [0.05, 0.1) is 19.1 Å². The lowest BCUT2D eigenvalue weighted by Gasteiger charge is -2.04. The number of Topliss-reactive ketones (excluding diaryl/α,β-unsaturated/α-hetero) is 2. The van der Waals surface area contributed by atoms with E-state index in [2.05, 4.69) is 0 Å². The van der Waals surface area contributed by atoms with Crippen LogP contribution in [0, 0.1) is 19.7 Å². The molecule has 0 aliphatic rings. The minimum absolute atomic E-state index is 0.0548. The van der Waals surface area contributed by atoms with Crippen LogP contribution in [0.4, 0.5) is 4.39 Å². The van der Waals surface area contributed by atoms with Crippen molar-refractivity contribution in [2.24, 2.45) is 0 Å². The molecule has 0 unspecified atom stereocenters. The Bertz CT molecular complexity index is 700. The second-order valence-electron chi connectivity index (χ2n) is 4.70. The topological polar surface area (TPSA) is 56.5 Å². The molecular formula is C16H15FO4. The van der Waals surface area contributed by atoms with Crippen molar-refractivity contribution in [3.05, 3.63) is 52.7 Å². The third-order valence-corrected chi connectivity index (χ3v) is 3.14. The number of hydrogen-bond acceptors (Lipinski definition) is 4. The highest BCUT2D eigenvalue weighted by atomic mass is 19.1. The van der Waals surface area contributed by atoms with Crippen LogP contribution in [0.2, 0.25) is 0 Å². The van der Waals surface area contributed by atoms with Crippen molar-refractivity contribution in [1.82, 2.24) is 0 Å². The van der Waals surface area contributed by atoms with E-state index in [-0.39, 0.29) is 23.5 Å². The molecule has 0 N–H and O–H groups in total.